The maximum atomic E-state index is 12.2. The molecule has 0 atom stereocenters. The molecule has 3 rings (SSSR count). The summed E-state index contributed by atoms with van der Waals surface area (Å²) in [6.45, 7) is 1.00. The van der Waals surface area contributed by atoms with E-state index in [-0.39, 0.29) is 12.5 Å². The van der Waals surface area contributed by atoms with Gasteiger partial charge in [-0.2, -0.15) is 5.10 Å². The molecule has 0 saturated carbocycles. The molecular formula is C13H15N3O3. The molecule has 0 unspecified atom stereocenters. The first kappa shape index (κ1) is 12.0. The minimum atomic E-state index is -0.122. The second kappa shape index (κ2) is 4.55. The zero-order valence-corrected chi connectivity index (χ0v) is 10.7. The Kier molecular flexibility index (Phi) is 2.87. The Labute approximate surface area is 110 Å². The van der Waals surface area contributed by atoms with Crippen molar-refractivity contribution in [3.8, 4) is 0 Å². The Morgan fingerprint density at radius 3 is 3.11 bits per heavy atom. The van der Waals surface area contributed by atoms with E-state index in [4.69, 9.17) is 4.42 Å². The van der Waals surface area contributed by atoms with Gasteiger partial charge in [0.1, 0.15) is 0 Å². The van der Waals surface area contributed by atoms with Crippen LogP contribution in [0.5, 0.6) is 0 Å². The highest BCUT2D eigenvalue weighted by Crippen LogP contribution is 2.23. The van der Waals surface area contributed by atoms with Crippen LogP contribution in [0, 0.1) is 0 Å². The quantitative estimate of drug-likeness (QED) is 0.864. The lowest BCUT2D eigenvalue weighted by atomic mass is 10.0. The molecule has 1 amide bonds. The third kappa shape index (κ3) is 1.94. The van der Waals surface area contributed by atoms with Crippen molar-refractivity contribution >= 4 is 5.91 Å². The number of hydrogen-bond donors (Lipinski definition) is 1. The molecule has 100 valence electrons. The summed E-state index contributed by atoms with van der Waals surface area (Å²) in [6.07, 6.45) is 2.23. The maximum absolute atomic E-state index is 12.2. The molecule has 0 fully saturated rings. The van der Waals surface area contributed by atoms with E-state index in [0.717, 1.165) is 17.7 Å². The van der Waals surface area contributed by atoms with Crippen molar-refractivity contribution in [3.63, 3.8) is 0 Å². The van der Waals surface area contributed by atoms with Crippen molar-refractivity contribution in [2.75, 3.05) is 6.54 Å². The summed E-state index contributed by atoms with van der Waals surface area (Å²) in [4.78, 5) is 13.9. The predicted molar refractivity (Wildman–Crippen MR) is 66.3 cm³/mol. The first-order valence-electron chi connectivity index (χ1n) is 6.18. The molecule has 0 saturated heterocycles. The zero-order valence-electron chi connectivity index (χ0n) is 10.7. The van der Waals surface area contributed by atoms with E-state index in [1.807, 2.05) is 7.05 Å². The van der Waals surface area contributed by atoms with Crippen molar-refractivity contribution in [3.05, 3.63) is 41.1 Å². The van der Waals surface area contributed by atoms with E-state index in [2.05, 4.69) is 5.10 Å². The van der Waals surface area contributed by atoms with Crippen LogP contribution in [0.3, 0.4) is 0 Å². The average Bonchev–Trinajstić information content (AvgIpc) is 3.06. The van der Waals surface area contributed by atoms with Crippen LogP contribution in [0.1, 0.15) is 27.5 Å². The summed E-state index contributed by atoms with van der Waals surface area (Å²) in [5.74, 6) is 0.223. The normalized spacial score (nSPS) is 14.5. The van der Waals surface area contributed by atoms with E-state index < -0.39 is 0 Å². The molecule has 2 aromatic heterocycles. The van der Waals surface area contributed by atoms with Crippen molar-refractivity contribution in [2.24, 2.45) is 7.05 Å². The van der Waals surface area contributed by atoms with E-state index in [1.165, 1.54) is 6.26 Å². The molecule has 1 N–H and O–H groups in total. The fourth-order valence-electron chi connectivity index (χ4n) is 2.53. The van der Waals surface area contributed by atoms with Gasteiger partial charge in [-0.3, -0.25) is 9.48 Å². The number of amides is 1. The summed E-state index contributed by atoms with van der Waals surface area (Å²) in [6, 6.07) is 3.36. The number of aryl methyl sites for hydroxylation is 1. The number of carbonyl (C=O) groups is 1. The highest BCUT2D eigenvalue weighted by atomic mass is 16.3. The fraction of sp³-hybridized carbons (Fsp3) is 0.385. The van der Waals surface area contributed by atoms with Crippen LogP contribution in [0.4, 0.5) is 0 Å². The number of aromatic nitrogens is 2. The van der Waals surface area contributed by atoms with Crippen LogP contribution in [0.25, 0.3) is 0 Å². The monoisotopic (exact) mass is 261 g/mol. The van der Waals surface area contributed by atoms with Gasteiger partial charge in [-0.1, -0.05) is 0 Å². The number of rotatable bonds is 2. The van der Waals surface area contributed by atoms with E-state index >= 15 is 0 Å². The van der Waals surface area contributed by atoms with Crippen LogP contribution < -0.4 is 0 Å². The van der Waals surface area contributed by atoms with Gasteiger partial charge in [-0.05, 0) is 12.1 Å². The van der Waals surface area contributed by atoms with Crippen molar-refractivity contribution in [2.45, 2.75) is 19.6 Å². The molecule has 1 aliphatic heterocycles. The molecule has 0 bridgehead atoms. The van der Waals surface area contributed by atoms with Crippen molar-refractivity contribution in [1.29, 1.82) is 0 Å². The Balaban J connectivity index is 1.88. The highest BCUT2D eigenvalue weighted by molar-refractivity contribution is 5.91. The molecule has 19 heavy (non-hydrogen) atoms. The Hall–Kier alpha value is -2.08. The SMILES string of the molecule is Cn1nc(CO)c2c1CCN(C(=O)c1ccco1)C2. The molecule has 0 spiro atoms. The lowest BCUT2D eigenvalue weighted by molar-refractivity contribution is 0.0700. The highest BCUT2D eigenvalue weighted by Gasteiger charge is 2.27. The molecule has 0 radical (unpaired) electrons. The fourth-order valence-corrected chi connectivity index (χ4v) is 2.53. The molecule has 0 aromatic carbocycles. The van der Waals surface area contributed by atoms with Crippen LogP contribution >= 0.6 is 0 Å². The number of hydrogen-bond acceptors (Lipinski definition) is 4. The van der Waals surface area contributed by atoms with Crippen molar-refractivity contribution < 1.29 is 14.3 Å². The molecular weight excluding hydrogens is 246 g/mol. The maximum Gasteiger partial charge on any atom is 0.289 e. The number of furan rings is 1. The molecule has 3 heterocycles. The van der Waals surface area contributed by atoms with Gasteiger partial charge in [0.25, 0.3) is 5.91 Å². The largest absolute Gasteiger partial charge is 0.459 e. The van der Waals surface area contributed by atoms with E-state index in [1.54, 1.807) is 21.7 Å². The number of aliphatic hydroxyl groups excluding tert-OH is 1. The second-order valence-electron chi connectivity index (χ2n) is 4.61. The molecule has 6 heteroatoms. The third-order valence-corrected chi connectivity index (χ3v) is 3.49. The molecule has 6 nitrogen and oxygen atoms in total. The molecule has 0 aliphatic carbocycles. The summed E-state index contributed by atoms with van der Waals surface area (Å²) in [5, 5.41) is 13.6. The first-order chi connectivity index (χ1) is 9.20. The van der Waals surface area contributed by atoms with Gasteiger partial charge in [-0.25, -0.2) is 0 Å². The van der Waals surface area contributed by atoms with Crippen LogP contribution in [-0.2, 0) is 26.6 Å². The van der Waals surface area contributed by atoms with Gasteiger partial charge < -0.3 is 14.4 Å². The smallest absolute Gasteiger partial charge is 0.289 e. The Bertz CT molecular complexity index is 601. The predicted octanol–water partition coefficient (Wildman–Crippen LogP) is 0.704. The summed E-state index contributed by atoms with van der Waals surface area (Å²) in [7, 11) is 1.86. The first-order valence-corrected chi connectivity index (χ1v) is 6.18. The van der Waals surface area contributed by atoms with Gasteiger partial charge in [0.15, 0.2) is 5.76 Å². The van der Waals surface area contributed by atoms with Crippen LogP contribution in [0.15, 0.2) is 22.8 Å². The van der Waals surface area contributed by atoms with Crippen LogP contribution in [0.2, 0.25) is 0 Å². The van der Waals surface area contributed by atoms with E-state index in [9.17, 15) is 9.90 Å². The lowest BCUT2D eigenvalue weighted by Gasteiger charge is -2.26. The molecule has 2 aromatic rings. The van der Waals surface area contributed by atoms with Gasteiger partial charge in [0.2, 0.25) is 0 Å². The van der Waals surface area contributed by atoms with Crippen LogP contribution in [-0.4, -0.2) is 32.2 Å². The van der Waals surface area contributed by atoms with Gasteiger partial charge in [-0.15, -0.1) is 0 Å². The minimum Gasteiger partial charge on any atom is -0.459 e. The average molecular weight is 261 g/mol. The number of aliphatic hydroxyl groups is 1. The Morgan fingerprint density at radius 1 is 1.58 bits per heavy atom. The summed E-state index contributed by atoms with van der Waals surface area (Å²) in [5.41, 5.74) is 2.69. The zero-order chi connectivity index (χ0) is 13.4. The van der Waals surface area contributed by atoms with Gasteiger partial charge in [0, 0.05) is 37.8 Å². The number of carbonyl (C=O) groups excluding carboxylic acids is 1. The number of fused-ring (bicyclic) bond motifs is 1. The van der Waals surface area contributed by atoms with Crippen molar-refractivity contribution in [1.82, 2.24) is 14.7 Å². The third-order valence-electron chi connectivity index (χ3n) is 3.49. The lowest BCUT2D eigenvalue weighted by Crippen LogP contribution is -2.36. The van der Waals surface area contributed by atoms with Gasteiger partial charge >= 0.3 is 0 Å². The number of nitrogens with zero attached hydrogens (tertiary/aromatic N) is 3. The minimum absolute atomic E-state index is 0.105. The second-order valence-corrected chi connectivity index (χ2v) is 4.61. The summed E-state index contributed by atoms with van der Waals surface area (Å²) >= 11 is 0. The molecule has 1 aliphatic rings. The van der Waals surface area contributed by atoms with Gasteiger partial charge in [0.05, 0.1) is 18.6 Å². The summed E-state index contributed by atoms with van der Waals surface area (Å²) < 4.78 is 6.92. The Morgan fingerprint density at radius 2 is 2.42 bits per heavy atom. The van der Waals surface area contributed by atoms with E-state index in [0.29, 0.717) is 24.5 Å². The standard InChI is InChI=1S/C13H15N3O3/c1-15-11-4-5-16(7-9(11)10(8-17)14-15)13(18)12-3-2-6-19-12/h2-3,6,17H,4-5,7-8H2,1H3. The topological polar surface area (TPSA) is 71.5 Å².